The molecular weight excluding hydrogens is 360 g/mol. The standard InChI is InChI=1S/C19H28O3Si3/c1-17(2)16-24(19-14-10-7-11-15-19,25(20-3,21-4)22-5)23-18-12-8-6-9-13-18/h6-16H,23H2,1-5H3. The fourth-order valence-electron chi connectivity index (χ4n) is 3.55. The summed E-state index contributed by atoms with van der Waals surface area (Å²) < 4.78 is 18.2. The lowest BCUT2D eigenvalue weighted by Crippen LogP contribution is -2.78. The molecule has 0 aromatic heterocycles. The normalized spacial score (nSPS) is 14.4. The smallest absolute Gasteiger partial charge is 0.380 e. The van der Waals surface area contributed by atoms with Gasteiger partial charge in [-0.2, -0.15) is 0 Å². The molecule has 25 heavy (non-hydrogen) atoms. The lowest BCUT2D eigenvalue weighted by molar-refractivity contribution is 0.147. The molecule has 0 saturated heterocycles. The van der Waals surface area contributed by atoms with Crippen LogP contribution in [0.2, 0.25) is 0 Å². The Hall–Kier alpha value is -1.29. The third-order valence-electron chi connectivity index (χ3n) is 4.50. The minimum Gasteiger partial charge on any atom is -0.380 e. The predicted octanol–water partition coefficient (Wildman–Crippen LogP) is 1.80. The maximum Gasteiger partial charge on any atom is 0.476 e. The van der Waals surface area contributed by atoms with Gasteiger partial charge >= 0.3 is 8.32 Å². The number of hydrogen-bond donors (Lipinski definition) is 0. The first-order valence-electron chi connectivity index (χ1n) is 8.44. The summed E-state index contributed by atoms with van der Waals surface area (Å²) in [5.74, 6) is 0. The van der Waals surface area contributed by atoms with Gasteiger partial charge in [0.25, 0.3) is 0 Å². The first-order valence-corrected chi connectivity index (χ1v) is 16.3. The monoisotopic (exact) mass is 388 g/mol. The number of benzene rings is 2. The Bertz CT molecular complexity index is 675. The molecule has 3 nitrogen and oxygen atoms in total. The van der Waals surface area contributed by atoms with Gasteiger partial charge in [-0.3, -0.25) is 0 Å². The van der Waals surface area contributed by atoms with E-state index in [1.807, 2.05) is 0 Å². The minimum atomic E-state index is -2.86. The van der Waals surface area contributed by atoms with Gasteiger partial charge in [0.1, 0.15) is 0 Å². The number of allylic oxidation sites excluding steroid dienone is 1. The molecule has 0 aliphatic heterocycles. The van der Waals surface area contributed by atoms with E-state index in [0.29, 0.717) is 0 Å². The summed E-state index contributed by atoms with van der Waals surface area (Å²) in [7, 11) is -0.684. The molecule has 0 aliphatic rings. The van der Waals surface area contributed by atoms with Gasteiger partial charge in [0.05, 0.1) is 9.04 Å². The van der Waals surface area contributed by atoms with Gasteiger partial charge < -0.3 is 13.3 Å². The topological polar surface area (TPSA) is 27.7 Å². The highest BCUT2D eigenvalue weighted by atomic mass is 29.6. The first kappa shape index (κ1) is 20.0. The van der Waals surface area contributed by atoms with Crippen molar-refractivity contribution in [1.82, 2.24) is 0 Å². The zero-order valence-corrected chi connectivity index (χ0v) is 19.2. The Balaban J connectivity index is 2.76. The van der Waals surface area contributed by atoms with Gasteiger partial charge in [0.15, 0.2) is 7.11 Å². The molecule has 2 rings (SSSR count). The Labute approximate surface area is 155 Å². The largest absolute Gasteiger partial charge is 0.476 e. The second-order valence-corrected chi connectivity index (χ2v) is 23.7. The van der Waals surface area contributed by atoms with Gasteiger partial charge in [-0.15, -0.1) is 0 Å². The van der Waals surface area contributed by atoms with E-state index in [4.69, 9.17) is 13.3 Å². The van der Waals surface area contributed by atoms with Gasteiger partial charge in [0, 0.05) is 21.3 Å². The lowest BCUT2D eigenvalue weighted by atomic mass is 10.4. The highest BCUT2D eigenvalue weighted by Crippen LogP contribution is 2.24. The Morgan fingerprint density at radius 3 is 1.72 bits per heavy atom. The van der Waals surface area contributed by atoms with E-state index in [1.54, 1.807) is 21.3 Å². The Morgan fingerprint density at radius 2 is 1.28 bits per heavy atom. The van der Waals surface area contributed by atoms with Crippen LogP contribution in [0.25, 0.3) is 0 Å². The highest BCUT2D eigenvalue weighted by molar-refractivity contribution is 7.65. The lowest BCUT2D eigenvalue weighted by Gasteiger charge is -2.41. The van der Waals surface area contributed by atoms with Crippen LogP contribution in [-0.4, -0.2) is 45.8 Å². The van der Waals surface area contributed by atoms with Crippen molar-refractivity contribution in [3.63, 3.8) is 0 Å². The molecule has 1 unspecified atom stereocenters. The Kier molecular flexibility index (Phi) is 7.12. The van der Waals surface area contributed by atoms with Crippen molar-refractivity contribution in [2.75, 3.05) is 21.3 Å². The molecule has 134 valence electrons. The van der Waals surface area contributed by atoms with Crippen LogP contribution < -0.4 is 10.4 Å². The van der Waals surface area contributed by atoms with Gasteiger partial charge in [-0.1, -0.05) is 82.3 Å². The first-order chi connectivity index (χ1) is 12.0. The van der Waals surface area contributed by atoms with E-state index in [2.05, 4.69) is 80.2 Å². The second kappa shape index (κ2) is 8.88. The van der Waals surface area contributed by atoms with Crippen molar-refractivity contribution in [3.8, 4) is 0 Å². The molecular formula is C19H28O3Si3. The maximum atomic E-state index is 6.08. The summed E-state index contributed by atoms with van der Waals surface area (Å²) >= 11 is 0. The van der Waals surface area contributed by atoms with Crippen LogP contribution in [0.5, 0.6) is 0 Å². The number of rotatable bonds is 8. The third kappa shape index (κ3) is 4.11. The van der Waals surface area contributed by atoms with Crippen molar-refractivity contribution < 1.29 is 13.3 Å². The Morgan fingerprint density at radius 1 is 0.800 bits per heavy atom. The molecule has 0 heterocycles. The van der Waals surface area contributed by atoms with Crippen molar-refractivity contribution >= 4 is 34.8 Å². The summed E-state index contributed by atoms with van der Waals surface area (Å²) in [6.07, 6.45) is 0. The van der Waals surface area contributed by atoms with E-state index in [1.165, 1.54) is 15.9 Å². The van der Waals surface area contributed by atoms with Crippen LogP contribution in [0, 0.1) is 0 Å². The fourth-order valence-corrected chi connectivity index (χ4v) is 29.3. The molecule has 0 aliphatic carbocycles. The van der Waals surface area contributed by atoms with Crippen LogP contribution in [0.15, 0.2) is 71.9 Å². The van der Waals surface area contributed by atoms with E-state index in [-0.39, 0.29) is 0 Å². The molecule has 0 amide bonds. The fraction of sp³-hybridized carbons (Fsp3) is 0.263. The zero-order valence-electron chi connectivity index (χ0n) is 15.8. The third-order valence-corrected chi connectivity index (χ3v) is 27.7. The predicted molar refractivity (Wildman–Crippen MR) is 113 cm³/mol. The number of hydrogen-bond acceptors (Lipinski definition) is 3. The van der Waals surface area contributed by atoms with Crippen LogP contribution in [-0.2, 0) is 13.3 Å². The van der Waals surface area contributed by atoms with Gasteiger partial charge in [-0.25, -0.2) is 0 Å². The van der Waals surface area contributed by atoms with Gasteiger partial charge in [-0.05, 0) is 13.8 Å². The molecule has 0 spiro atoms. The SMILES string of the molecule is CO[Si](OC)(OC)[Si](C=C(C)C)([SiH2]c1ccccc1)c1ccccc1. The summed E-state index contributed by atoms with van der Waals surface area (Å²) in [4.78, 5) is 0. The zero-order chi connectivity index (χ0) is 18.3. The van der Waals surface area contributed by atoms with E-state index in [9.17, 15) is 0 Å². The minimum absolute atomic E-state index is 0.733. The van der Waals surface area contributed by atoms with Crippen molar-refractivity contribution in [2.24, 2.45) is 0 Å². The molecule has 0 bridgehead atoms. The van der Waals surface area contributed by atoms with Crippen LogP contribution in [0.4, 0.5) is 0 Å². The van der Waals surface area contributed by atoms with E-state index < -0.39 is 24.5 Å². The van der Waals surface area contributed by atoms with E-state index in [0.717, 1.165) is 0 Å². The van der Waals surface area contributed by atoms with Crippen molar-refractivity contribution in [3.05, 3.63) is 71.9 Å². The second-order valence-electron chi connectivity index (χ2n) is 6.39. The van der Waals surface area contributed by atoms with E-state index >= 15 is 0 Å². The van der Waals surface area contributed by atoms with Crippen LogP contribution in [0.1, 0.15) is 13.8 Å². The average Bonchev–Trinajstić information content (AvgIpc) is 2.64. The quantitative estimate of drug-likeness (QED) is 0.646. The molecule has 0 saturated carbocycles. The molecule has 1 atom stereocenters. The van der Waals surface area contributed by atoms with Crippen LogP contribution >= 0.6 is 0 Å². The molecule has 0 radical (unpaired) electrons. The highest BCUT2D eigenvalue weighted by Gasteiger charge is 2.61. The summed E-state index contributed by atoms with van der Waals surface area (Å²) in [5.41, 5.74) is 3.74. The molecule has 0 N–H and O–H groups in total. The molecule has 2 aromatic carbocycles. The molecule has 0 fully saturated rings. The summed E-state index contributed by atoms with van der Waals surface area (Å²) in [6, 6.07) is 21.5. The molecule has 6 heteroatoms. The maximum absolute atomic E-state index is 6.08. The van der Waals surface area contributed by atoms with Crippen molar-refractivity contribution in [2.45, 2.75) is 13.8 Å². The summed E-state index contributed by atoms with van der Waals surface area (Å²) in [6.45, 7) is 4.31. The van der Waals surface area contributed by atoms with Crippen molar-refractivity contribution in [1.29, 1.82) is 0 Å². The summed E-state index contributed by atoms with van der Waals surface area (Å²) in [5, 5.41) is 2.75. The van der Waals surface area contributed by atoms with Gasteiger partial charge in [0.2, 0.25) is 0 Å². The molecule has 2 aromatic rings. The average molecular weight is 389 g/mol. The van der Waals surface area contributed by atoms with Crippen LogP contribution in [0.3, 0.4) is 0 Å².